The van der Waals surface area contributed by atoms with Crippen LogP contribution in [-0.4, -0.2) is 29.2 Å². The van der Waals surface area contributed by atoms with Crippen molar-refractivity contribution in [1.29, 1.82) is 0 Å². The zero-order valence-electron chi connectivity index (χ0n) is 11.7. The second kappa shape index (κ2) is 4.72. The van der Waals surface area contributed by atoms with Crippen LogP contribution in [0, 0.1) is 5.41 Å². The first-order valence-electron chi connectivity index (χ1n) is 6.37. The van der Waals surface area contributed by atoms with Crippen LogP contribution in [0.4, 0.5) is 0 Å². The third-order valence-corrected chi connectivity index (χ3v) is 3.28. The van der Waals surface area contributed by atoms with Crippen molar-refractivity contribution in [3.63, 3.8) is 0 Å². The van der Waals surface area contributed by atoms with Crippen molar-refractivity contribution in [3.05, 3.63) is 24.0 Å². The van der Waals surface area contributed by atoms with Crippen molar-refractivity contribution in [1.82, 2.24) is 4.57 Å². The van der Waals surface area contributed by atoms with Crippen LogP contribution in [0.2, 0.25) is 0 Å². The largest absolute Gasteiger partial charge is 0.462 e. The lowest BCUT2D eigenvalue weighted by Crippen LogP contribution is -2.35. The Balaban J connectivity index is 2.17. The molecule has 1 aromatic heterocycles. The molecule has 0 aliphatic carbocycles. The summed E-state index contributed by atoms with van der Waals surface area (Å²) in [4.78, 5) is 23.8. The SMILES string of the molecule is CC(C)n1cccc1C(=O)O[C@H]1C(=O)OCC1(C)C. The highest BCUT2D eigenvalue weighted by atomic mass is 16.6. The van der Waals surface area contributed by atoms with E-state index in [0.29, 0.717) is 5.69 Å². The molecule has 0 spiro atoms. The van der Waals surface area contributed by atoms with Crippen LogP contribution < -0.4 is 0 Å². The smallest absolute Gasteiger partial charge is 0.355 e. The fourth-order valence-corrected chi connectivity index (χ4v) is 2.12. The van der Waals surface area contributed by atoms with Gasteiger partial charge in [0.25, 0.3) is 0 Å². The van der Waals surface area contributed by atoms with Gasteiger partial charge in [0, 0.05) is 17.7 Å². The number of carbonyl (C=O) groups excluding carboxylic acids is 2. The minimum atomic E-state index is -0.837. The van der Waals surface area contributed by atoms with E-state index >= 15 is 0 Å². The summed E-state index contributed by atoms with van der Waals surface area (Å²) >= 11 is 0. The van der Waals surface area contributed by atoms with Gasteiger partial charge in [0.15, 0.2) is 0 Å². The molecule has 1 aliphatic rings. The second-order valence-electron chi connectivity index (χ2n) is 5.78. The molecule has 5 heteroatoms. The van der Waals surface area contributed by atoms with Crippen molar-refractivity contribution < 1.29 is 19.1 Å². The van der Waals surface area contributed by atoms with Crippen LogP contribution in [0.3, 0.4) is 0 Å². The van der Waals surface area contributed by atoms with Gasteiger partial charge in [-0.05, 0) is 26.0 Å². The predicted molar refractivity (Wildman–Crippen MR) is 68.8 cm³/mol. The van der Waals surface area contributed by atoms with E-state index in [0.717, 1.165) is 0 Å². The van der Waals surface area contributed by atoms with Gasteiger partial charge in [-0.3, -0.25) is 0 Å². The van der Waals surface area contributed by atoms with Crippen molar-refractivity contribution >= 4 is 11.9 Å². The van der Waals surface area contributed by atoms with Gasteiger partial charge >= 0.3 is 11.9 Å². The van der Waals surface area contributed by atoms with Gasteiger partial charge in [-0.15, -0.1) is 0 Å². The molecule has 1 aromatic rings. The molecule has 1 saturated heterocycles. The summed E-state index contributed by atoms with van der Waals surface area (Å²) in [7, 11) is 0. The summed E-state index contributed by atoms with van der Waals surface area (Å²) in [5.74, 6) is -0.961. The third kappa shape index (κ3) is 2.50. The molecule has 1 fully saturated rings. The van der Waals surface area contributed by atoms with Crippen molar-refractivity contribution in [2.75, 3.05) is 6.61 Å². The molecule has 1 atom stereocenters. The van der Waals surface area contributed by atoms with Crippen LogP contribution in [-0.2, 0) is 14.3 Å². The normalized spacial score (nSPS) is 21.5. The standard InChI is InChI=1S/C14H19NO4/c1-9(2)15-7-5-6-10(15)12(16)19-11-13(17)18-8-14(11,3)4/h5-7,9,11H,8H2,1-4H3/t11-/m0/s1. The highest BCUT2D eigenvalue weighted by Crippen LogP contribution is 2.31. The molecule has 0 amide bonds. The van der Waals surface area contributed by atoms with Gasteiger partial charge in [-0.25, -0.2) is 9.59 Å². The third-order valence-electron chi connectivity index (χ3n) is 3.28. The fraction of sp³-hybridized carbons (Fsp3) is 0.571. The van der Waals surface area contributed by atoms with Crippen LogP contribution in [0.15, 0.2) is 18.3 Å². The Labute approximate surface area is 112 Å². The highest BCUT2D eigenvalue weighted by molar-refractivity contribution is 5.90. The van der Waals surface area contributed by atoms with E-state index in [2.05, 4.69) is 0 Å². The Morgan fingerprint density at radius 3 is 2.74 bits per heavy atom. The van der Waals surface area contributed by atoms with Crippen molar-refractivity contribution in [3.8, 4) is 0 Å². The molecule has 104 valence electrons. The number of hydrogen-bond acceptors (Lipinski definition) is 4. The first-order chi connectivity index (χ1) is 8.83. The fourth-order valence-electron chi connectivity index (χ4n) is 2.12. The lowest BCUT2D eigenvalue weighted by Gasteiger charge is -2.22. The molecule has 0 bridgehead atoms. The number of ether oxygens (including phenoxy) is 2. The van der Waals surface area contributed by atoms with E-state index < -0.39 is 23.5 Å². The van der Waals surface area contributed by atoms with Crippen LogP contribution in [0.25, 0.3) is 0 Å². The van der Waals surface area contributed by atoms with E-state index in [1.165, 1.54) is 0 Å². The maximum Gasteiger partial charge on any atom is 0.355 e. The molecule has 0 saturated carbocycles. The molecule has 2 heterocycles. The summed E-state index contributed by atoms with van der Waals surface area (Å²) in [5, 5.41) is 0. The maximum absolute atomic E-state index is 12.2. The zero-order valence-corrected chi connectivity index (χ0v) is 11.7. The lowest BCUT2D eigenvalue weighted by molar-refractivity contribution is -0.145. The van der Waals surface area contributed by atoms with E-state index in [9.17, 15) is 9.59 Å². The second-order valence-corrected chi connectivity index (χ2v) is 5.78. The number of cyclic esters (lactones) is 1. The van der Waals surface area contributed by atoms with Gasteiger partial charge in [-0.2, -0.15) is 0 Å². The molecule has 0 radical (unpaired) electrons. The Hall–Kier alpha value is -1.78. The van der Waals surface area contributed by atoms with E-state index in [4.69, 9.17) is 9.47 Å². The quantitative estimate of drug-likeness (QED) is 0.786. The Morgan fingerprint density at radius 2 is 2.21 bits per heavy atom. The summed E-state index contributed by atoms with van der Waals surface area (Å²) in [6.45, 7) is 7.92. The molecule has 2 rings (SSSR count). The summed E-state index contributed by atoms with van der Waals surface area (Å²) in [5.41, 5.74) is -0.0346. The van der Waals surface area contributed by atoms with Gasteiger partial charge in [0.2, 0.25) is 6.10 Å². The first kappa shape index (κ1) is 13.6. The average Bonchev–Trinajstić information content (AvgIpc) is 2.89. The molecule has 19 heavy (non-hydrogen) atoms. The van der Waals surface area contributed by atoms with Gasteiger partial charge < -0.3 is 14.0 Å². The molecule has 0 N–H and O–H groups in total. The van der Waals surface area contributed by atoms with E-state index in [-0.39, 0.29) is 12.6 Å². The van der Waals surface area contributed by atoms with Crippen molar-refractivity contribution in [2.45, 2.75) is 39.8 Å². The van der Waals surface area contributed by atoms with E-state index in [1.807, 2.05) is 38.5 Å². The molecular formula is C14H19NO4. The minimum absolute atomic E-state index is 0.154. The number of hydrogen-bond donors (Lipinski definition) is 0. The molecule has 0 unspecified atom stereocenters. The molecule has 5 nitrogen and oxygen atoms in total. The predicted octanol–water partition coefficient (Wildman–Crippen LogP) is 2.18. The zero-order chi connectivity index (χ0) is 14.2. The molecule has 0 aromatic carbocycles. The number of carbonyl (C=O) groups is 2. The summed E-state index contributed by atoms with van der Waals surface area (Å²) in [6.07, 6.45) is 0.981. The summed E-state index contributed by atoms with van der Waals surface area (Å²) < 4.78 is 12.1. The molecule has 1 aliphatic heterocycles. The summed E-state index contributed by atoms with van der Waals surface area (Å²) in [6, 6.07) is 3.63. The van der Waals surface area contributed by atoms with Gasteiger partial charge in [0.1, 0.15) is 12.3 Å². The Kier molecular flexibility index (Phi) is 3.39. The van der Waals surface area contributed by atoms with Crippen LogP contribution in [0.1, 0.15) is 44.2 Å². The number of nitrogens with zero attached hydrogens (tertiary/aromatic N) is 1. The number of aromatic nitrogens is 1. The maximum atomic E-state index is 12.2. The monoisotopic (exact) mass is 265 g/mol. The minimum Gasteiger partial charge on any atom is -0.462 e. The highest BCUT2D eigenvalue weighted by Gasteiger charge is 2.46. The van der Waals surface area contributed by atoms with Gasteiger partial charge in [-0.1, -0.05) is 13.8 Å². The molecular weight excluding hydrogens is 246 g/mol. The van der Waals surface area contributed by atoms with Crippen LogP contribution >= 0.6 is 0 Å². The van der Waals surface area contributed by atoms with Gasteiger partial charge in [0.05, 0.1) is 0 Å². The first-order valence-corrected chi connectivity index (χ1v) is 6.37. The number of esters is 2. The lowest BCUT2D eigenvalue weighted by atomic mass is 9.90. The topological polar surface area (TPSA) is 57.5 Å². The van der Waals surface area contributed by atoms with E-state index in [1.54, 1.807) is 12.1 Å². The number of rotatable bonds is 3. The average molecular weight is 265 g/mol. The Morgan fingerprint density at radius 1 is 1.53 bits per heavy atom. The van der Waals surface area contributed by atoms with Crippen molar-refractivity contribution in [2.24, 2.45) is 5.41 Å². The van der Waals surface area contributed by atoms with Crippen LogP contribution in [0.5, 0.6) is 0 Å². The Bertz CT molecular complexity index is 501.